The Morgan fingerprint density at radius 1 is 0.762 bits per heavy atom. The summed E-state index contributed by atoms with van der Waals surface area (Å²) in [6, 6.07) is 6.16. The largest absolute Gasteiger partial charge is 0.493 e. The third-order valence-corrected chi connectivity index (χ3v) is 3.68. The van der Waals surface area contributed by atoms with Gasteiger partial charge in [-0.15, -0.1) is 0 Å². The molecule has 0 heterocycles. The Morgan fingerprint density at radius 2 is 1.38 bits per heavy atom. The molecule has 0 aliphatic heterocycles. The van der Waals surface area contributed by atoms with Crippen molar-refractivity contribution in [3.8, 4) is 11.5 Å². The quantitative estimate of drug-likeness (QED) is 0.446. The molecule has 1 rings (SSSR count). The predicted octanol–water partition coefficient (Wildman–Crippen LogP) is 5.91. The molecule has 0 N–H and O–H groups in total. The van der Waals surface area contributed by atoms with Crippen LogP contribution in [0.5, 0.6) is 11.5 Å². The lowest BCUT2D eigenvalue weighted by atomic mass is 10.2. The normalized spacial score (nSPS) is 10.6. The average Bonchev–Trinajstić information content (AvgIpc) is 2.49. The second kappa shape index (κ2) is 11.5. The van der Waals surface area contributed by atoms with Crippen LogP contribution >= 0.6 is 0 Å². The van der Waals surface area contributed by atoms with Crippen LogP contribution in [0.1, 0.15) is 70.8 Å². The van der Waals surface area contributed by atoms with Gasteiger partial charge in [-0.05, 0) is 31.4 Å². The highest BCUT2D eigenvalue weighted by molar-refractivity contribution is 5.39. The van der Waals surface area contributed by atoms with Crippen LogP contribution in [0, 0.1) is 6.92 Å². The zero-order chi connectivity index (χ0) is 15.3. The van der Waals surface area contributed by atoms with Crippen LogP contribution in [0.15, 0.2) is 18.2 Å². The van der Waals surface area contributed by atoms with Crippen LogP contribution in [0.2, 0.25) is 0 Å². The van der Waals surface area contributed by atoms with E-state index in [4.69, 9.17) is 9.47 Å². The van der Waals surface area contributed by atoms with Crippen LogP contribution in [0.3, 0.4) is 0 Å². The molecule has 0 unspecified atom stereocenters. The number of benzene rings is 1. The predicted molar refractivity (Wildman–Crippen MR) is 90.5 cm³/mol. The minimum absolute atomic E-state index is 0.805. The zero-order valence-electron chi connectivity index (χ0n) is 14.1. The molecule has 0 radical (unpaired) electrons. The maximum atomic E-state index is 5.89. The van der Waals surface area contributed by atoms with Crippen LogP contribution in [-0.4, -0.2) is 13.2 Å². The SMILES string of the molecule is CCCCCCOc1ccc(C)c(OCCCCCC)c1. The van der Waals surface area contributed by atoms with Gasteiger partial charge >= 0.3 is 0 Å². The molecule has 21 heavy (non-hydrogen) atoms. The van der Waals surface area contributed by atoms with Crippen molar-refractivity contribution in [2.75, 3.05) is 13.2 Å². The summed E-state index contributed by atoms with van der Waals surface area (Å²) in [5, 5.41) is 0. The molecule has 0 amide bonds. The number of rotatable bonds is 12. The van der Waals surface area contributed by atoms with Gasteiger partial charge in [0.2, 0.25) is 0 Å². The minimum Gasteiger partial charge on any atom is -0.493 e. The molecule has 120 valence electrons. The molecule has 0 fully saturated rings. The summed E-state index contributed by atoms with van der Waals surface area (Å²) in [5.74, 6) is 1.90. The van der Waals surface area contributed by atoms with Crippen molar-refractivity contribution in [3.05, 3.63) is 23.8 Å². The first kappa shape index (κ1) is 17.9. The molecule has 0 spiro atoms. The Kier molecular flexibility index (Phi) is 9.77. The Morgan fingerprint density at radius 3 is 2.00 bits per heavy atom. The highest BCUT2D eigenvalue weighted by Gasteiger charge is 2.03. The van der Waals surface area contributed by atoms with Gasteiger partial charge in [-0.3, -0.25) is 0 Å². The number of hydrogen-bond donors (Lipinski definition) is 0. The lowest BCUT2D eigenvalue weighted by molar-refractivity contribution is 0.289. The van der Waals surface area contributed by atoms with E-state index in [9.17, 15) is 0 Å². The average molecular weight is 292 g/mol. The molecule has 0 saturated heterocycles. The monoisotopic (exact) mass is 292 g/mol. The van der Waals surface area contributed by atoms with E-state index in [-0.39, 0.29) is 0 Å². The third kappa shape index (κ3) is 7.99. The van der Waals surface area contributed by atoms with Crippen LogP contribution < -0.4 is 9.47 Å². The Bertz CT molecular complexity index is 374. The van der Waals surface area contributed by atoms with Gasteiger partial charge in [0.1, 0.15) is 11.5 Å². The number of aryl methyl sites for hydroxylation is 1. The molecule has 1 aromatic rings. The first-order valence-corrected chi connectivity index (χ1v) is 8.64. The van der Waals surface area contributed by atoms with Crippen LogP contribution in [0.25, 0.3) is 0 Å². The highest BCUT2D eigenvalue weighted by atomic mass is 16.5. The minimum atomic E-state index is 0.805. The number of unbranched alkanes of at least 4 members (excludes halogenated alkanes) is 6. The summed E-state index contributed by atoms with van der Waals surface area (Å²) >= 11 is 0. The number of ether oxygens (including phenoxy) is 2. The molecule has 1 aromatic carbocycles. The highest BCUT2D eigenvalue weighted by Crippen LogP contribution is 2.24. The van der Waals surface area contributed by atoms with Crippen molar-refractivity contribution in [1.29, 1.82) is 0 Å². The van der Waals surface area contributed by atoms with Crippen molar-refractivity contribution in [2.24, 2.45) is 0 Å². The third-order valence-electron chi connectivity index (χ3n) is 3.68. The Balaban J connectivity index is 2.33. The van der Waals surface area contributed by atoms with Crippen LogP contribution in [0.4, 0.5) is 0 Å². The summed E-state index contributed by atoms with van der Waals surface area (Å²) in [4.78, 5) is 0. The van der Waals surface area contributed by atoms with Gasteiger partial charge < -0.3 is 9.47 Å². The zero-order valence-corrected chi connectivity index (χ0v) is 14.1. The molecule has 0 bridgehead atoms. The molecule has 0 aromatic heterocycles. The van der Waals surface area contributed by atoms with E-state index in [1.54, 1.807) is 0 Å². The van der Waals surface area contributed by atoms with Gasteiger partial charge in [0, 0.05) is 6.07 Å². The number of hydrogen-bond acceptors (Lipinski definition) is 2. The van der Waals surface area contributed by atoms with Gasteiger partial charge in [-0.2, -0.15) is 0 Å². The van der Waals surface area contributed by atoms with E-state index >= 15 is 0 Å². The first-order chi connectivity index (χ1) is 10.3. The van der Waals surface area contributed by atoms with Gasteiger partial charge in [0.15, 0.2) is 0 Å². The maximum absolute atomic E-state index is 5.89. The maximum Gasteiger partial charge on any atom is 0.125 e. The molecule has 0 aliphatic carbocycles. The molecule has 2 nitrogen and oxygen atoms in total. The smallest absolute Gasteiger partial charge is 0.125 e. The molecular formula is C19H32O2. The standard InChI is InChI=1S/C19H32O2/c1-4-6-8-10-14-20-18-13-12-17(3)19(16-18)21-15-11-9-7-5-2/h12-13,16H,4-11,14-15H2,1-3H3. The lowest BCUT2D eigenvalue weighted by Crippen LogP contribution is -2.01. The summed E-state index contributed by atoms with van der Waals surface area (Å²) in [7, 11) is 0. The second-order valence-electron chi connectivity index (χ2n) is 5.75. The van der Waals surface area contributed by atoms with Crippen molar-refractivity contribution in [1.82, 2.24) is 0 Å². The Hall–Kier alpha value is -1.18. The Labute approximate surface area is 130 Å². The van der Waals surface area contributed by atoms with Crippen molar-refractivity contribution < 1.29 is 9.47 Å². The summed E-state index contributed by atoms with van der Waals surface area (Å²) in [6.07, 6.45) is 9.89. The van der Waals surface area contributed by atoms with Gasteiger partial charge in [0.25, 0.3) is 0 Å². The van der Waals surface area contributed by atoms with E-state index in [1.165, 1.54) is 44.1 Å². The molecular weight excluding hydrogens is 260 g/mol. The van der Waals surface area contributed by atoms with Crippen LogP contribution in [-0.2, 0) is 0 Å². The van der Waals surface area contributed by atoms with Gasteiger partial charge in [0.05, 0.1) is 13.2 Å². The summed E-state index contributed by atoms with van der Waals surface area (Å²) in [5.41, 5.74) is 1.18. The fraction of sp³-hybridized carbons (Fsp3) is 0.684. The van der Waals surface area contributed by atoms with Crippen molar-refractivity contribution >= 4 is 0 Å². The lowest BCUT2D eigenvalue weighted by Gasteiger charge is -2.12. The van der Waals surface area contributed by atoms with E-state index in [0.717, 1.165) is 37.6 Å². The van der Waals surface area contributed by atoms with Gasteiger partial charge in [-0.25, -0.2) is 0 Å². The first-order valence-electron chi connectivity index (χ1n) is 8.64. The molecule has 0 saturated carbocycles. The van der Waals surface area contributed by atoms with E-state index < -0.39 is 0 Å². The van der Waals surface area contributed by atoms with E-state index in [2.05, 4.69) is 26.8 Å². The van der Waals surface area contributed by atoms with E-state index in [0.29, 0.717) is 0 Å². The molecule has 2 heteroatoms. The molecule has 0 aliphatic rings. The van der Waals surface area contributed by atoms with Crippen molar-refractivity contribution in [3.63, 3.8) is 0 Å². The fourth-order valence-corrected chi connectivity index (χ4v) is 2.26. The molecule has 0 atom stereocenters. The second-order valence-corrected chi connectivity index (χ2v) is 5.75. The summed E-state index contributed by atoms with van der Waals surface area (Å²) in [6.45, 7) is 8.16. The topological polar surface area (TPSA) is 18.5 Å². The van der Waals surface area contributed by atoms with E-state index in [1.807, 2.05) is 12.1 Å². The summed E-state index contributed by atoms with van der Waals surface area (Å²) < 4.78 is 11.7. The van der Waals surface area contributed by atoms with Crippen molar-refractivity contribution in [2.45, 2.75) is 72.1 Å². The van der Waals surface area contributed by atoms with Gasteiger partial charge in [-0.1, -0.05) is 58.4 Å². The fourth-order valence-electron chi connectivity index (χ4n) is 2.26.